The minimum Gasteiger partial charge on any atom is -0.357 e. The third kappa shape index (κ3) is 4.60. The van der Waals surface area contributed by atoms with Crippen LogP contribution in [0, 0.1) is 5.92 Å². The number of likely N-dealkylation sites (N-methyl/N-ethyl adjacent to an activating group) is 1. The molecular formula is C23H27ClN2O. The highest BCUT2D eigenvalue weighted by Gasteiger charge is 2.28. The molecule has 0 saturated heterocycles. The van der Waals surface area contributed by atoms with Crippen molar-refractivity contribution in [2.24, 2.45) is 5.92 Å². The van der Waals surface area contributed by atoms with Gasteiger partial charge in [0.2, 0.25) is 0 Å². The third-order valence-electron chi connectivity index (χ3n) is 5.11. The van der Waals surface area contributed by atoms with Gasteiger partial charge in [-0.1, -0.05) is 55.8 Å². The van der Waals surface area contributed by atoms with Gasteiger partial charge < -0.3 is 4.98 Å². The lowest BCUT2D eigenvalue weighted by atomic mass is 9.92. The van der Waals surface area contributed by atoms with Crippen LogP contribution in [0.1, 0.15) is 47.9 Å². The Labute approximate surface area is 166 Å². The Kier molecular flexibility index (Phi) is 6.35. The Morgan fingerprint density at radius 2 is 1.96 bits per heavy atom. The van der Waals surface area contributed by atoms with Crippen LogP contribution < -0.4 is 0 Å². The fourth-order valence-corrected chi connectivity index (χ4v) is 3.91. The molecule has 1 aromatic heterocycles. The highest BCUT2D eigenvalue weighted by atomic mass is 35.5. The van der Waals surface area contributed by atoms with Crippen molar-refractivity contribution < 1.29 is 4.79 Å². The number of aldehydes is 1. The van der Waals surface area contributed by atoms with Gasteiger partial charge in [0.05, 0.1) is 6.04 Å². The lowest BCUT2D eigenvalue weighted by molar-refractivity contribution is 0.112. The summed E-state index contributed by atoms with van der Waals surface area (Å²) in [6.07, 6.45) is 3.14. The van der Waals surface area contributed by atoms with E-state index in [-0.39, 0.29) is 0 Å². The maximum Gasteiger partial charge on any atom is 0.150 e. The van der Waals surface area contributed by atoms with Crippen molar-refractivity contribution in [2.45, 2.75) is 32.7 Å². The predicted octanol–water partition coefficient (Wildman–Crippen LogP) is 5.90. The Hall–Kier alpha value is -2.10. The molecule has 1 aliphatic heterocycles. The number of fused-ring (bicyclic) bond motifs is 3. The monoisotopic (exact) mass is 382 g/mol. The Morgan fingerprint density at radius 3 is 2.59 bits per heavy atom. The number of hydrogen-bond acceptors (Lipinski definition) is 2. The van der Waals surface area contributed by atoms with Crippen LogP contribution in [0.15, 0.2) is 48.5 Å². The summed E-state index contributed by atoms with van der Waals surface area (Å²) in [6.45, 7) is 5.72. The predicted molar refractivity (Wildman–Crippen MR) is 114 cm³/mol. The number of benzene rings is 2. The molecule has 1 N–H and O–H groups in total. The van der Waals surface area contributed by atoms with Crippen molar-refractivity contribution in [3.63, 3.8) is 0 Å². The van der Waals surface area contributed by atoms with Gasteiger partial charge >= 0.3 is 0 Å². The van der Waals surface area contributed by atoms with Crippen LogP contribution >= 0.6 is 11.6 Å². The molecule has 3 aromatic rings. The molecule has 0 bridgehead atoms. The smallest absolute Gasteiger partial charge is 0.150 e. The molecule has 4 heteroatoms. The largest absolute Gasteiger partial charge is 0.357 e. The quantitative estimate of drug-likeness (QED) is 0.573. The van der Waals surface area contributed by atoms with Crippen LogP contribution in [0.2, 0.25) is 5.02 Å². The first-order valence-electron chi connectivity index (χ1n) is 9.50. The molecule has 0 spiro atoms. The number of nitrogens with zero attached hydrogens (tertiary/aromatic N) is 1. The molecule has 142 valence electrons. The number of aromatic amines is 1. The summed E-state index contributed by atoms with van der Waals surface area (Å²) in [6, 6.07) is 15.8. The molecule has 3 nitrogen and oxygen atoms in total. The van der Waals surface area contributed by atoms with E-state index in [2.05, 4.69) is 42.9 Å². The molecule has 1 atom stereocenters. The lowest BCUT2D eigenvalue weighted by Crippen LogP contribution is -2.32. The van der Waals surface area contributed by atoms with Crippen LogP contribution in [0.3, 0.4) is 0 Å². The van der Waals surface area contributed by atoms with Crippen LogP contribution in [-0.4, -0.2) is 29.8 Å². The molecule has 0 saturated carbocycles. The number of aromatic nitrogens is 1. The summed E-state index contributed by atoms with van der Waals surface area (Å²) < 4.78 is 0. The third-order valence-corrected chi connectivity index (χ3v) is 5.35. The van der Waals surface area contributed by atoms with Gasteiger partial charge in [0.15, 0.2) is 0 Å². The topological polar surface area (TPSA) is 36.1 Å². The Bertz CT molecular complexity index is 901. The molecule has 1 aliphatic rings. The molecule has 0 amide bonds. The van der Waals surface area contributed by atoms with Gasteiger partial charge in [-0.05, 0) is 49.6 Å². The maximum atomic E-state index is 10.0. The first-order valence-corrected chi connectivity index (χ1v) is 9.88. The number of carbonyl (C=O) groups excluding carboxylic acids is 1. The van der Waals surface area contributed by atoms with Crippen LogP contribution in [-0.2, 0) is 6.42 Å². The SMILES string of the molecule is CC(C)CC1c2[nH]c3ccc(Cl)cc3c2CCN1C.O=Cc1ccccc1. The van der Waals surface area contributed by atoms with Gasteiger partial charge in [0.25, 0.3) is 0 Å². The zero-order valence-electron chi connectivity index (χ0n) is 16.2. The molecule has 2 aromatic carbocycles. The van der Waals surface area contributed by atoms with E-state index in [4.69, 9.17) is 11.6 Å². The Balaban J connectivity index is 0.000000221. The second kappa shape index (κ2) is 8.73. The number of H-pyrrole nitrogens is 1. The summed E-state index contributed by atoms with van der Waals surface area (Å²) in [4.78, 5) is 16.1. The van der Waals surface area contributed by atoms with E-state index in [9.17, 15) is 4.79 Å². The van der Waals surface area contributed by atoms with Crippen molar-refractivity contribution in [1.82, 2.24) is 9.88 Å². The summed E-state index contributed by atoms with van der Waals surface area (Å²) >= 11 is 6.14. The first-order chi connectivity index (χ1) is 13.0. The van der Waals surface area contributed by atoms with Gasteiger partial charge in [-0.2, -0.15) is 0 Å². The number of halogens is 1. The molecule has 0 aliphatic carbocycles. The Morgan fingerprint density at radius 1 is 1.22 bits per heavy atom. The number of rotatable bonds is 3. The van der Waals surface area contributed by atoms with E-state index in [0.29, 0.717) is 12.0 Å². The average molecular weight is 383 g/mol. The van der Waals surface area contributed by atoms with E-state index in [1.54, 1.807) is 12.1 Å². The molecule has 0 radical (unpaired) electrons. The average Bonchev–Trinajstić information content (AvgIpc) is 3.03. The summed E-state index contributed by atoms with van der Waals surface area (Å²) in [5.74, 6) is 0.702. The molecular weight excluding hydrogens is 356 g/mol. The highest BCUT2D eigenvalue weighted by Crippen LogP contribution is 2.37. The minimum absolute atomic E-state index is 0.509. The molecule has 0 fully saturated rings. The number of nitrogens with one attached hydrogen (secondary N) is 1. The van der Waals surface area contributed by atoms with E-state index in [0.717, 1.165) is 29.8 Å². The zero-order valence-corrected chi connectivity index (χ0v) is 17.0. The zero-order chi connectivity index (χ0) is 19.4. The number of hydrogen-bond donors (Lipinski definition) is 1. The van der Waals surface area contributed by atoms with E-state index >= 15 is 0 Å². The van der Waals surface area contributed by atoms with Crippen LogP contribution in [0.4, 0.5) is 0 Å². The first kappa shape index (κ1) is 19.7. The van der Waals surface area contributed by atoms with E-state index in [1.165, 1.54) is 28.6 Å². The van der Waals surface area contributed by atoms with Gasteiger partial charge in [0.1, 0.15) is 6.29 Å². The second-order valence-electron chi connectivity index (χ2n) is 7.61. The summed E-state index contributed by atoms with van der Waals surface area (Å²) in [5, 5.41) is 2.14. The highest BCUT2D eigenvalue weighted by molar-refractivity contribution is 6.31. The summed E-state index contributed by atoms with van der Waals surface area (Å²) in [7, 11) is 2.23. The van der Waals surface area contributed by atoms with Crippen molar-refractivity contribution in [3.8, 4) is 0 Å². The molecule has 2 heterocycles. The number of carbonyl (C=O) groups is 1. The van der Waals surface area contributed by atoms with Crippen molar-refractivity contribution in [1.29, 1.82) is 0 Å². The summed E-state index contributed by atoms with van der Waals surface area (Å²) in [5.41, 5.74) is 4.83. The fourth-order valence-electron chi connectivity index (χ4n) is 3.73. The molecule has 4 rings (SSSR count). The van der Waals surface area contributed by atoms with Crippen molar-refractivity contribution in [2.75, 3.05) is 13.6 Å². The van der Waals surface area contributed by atoms with Gasteiger partial charge in [-0.3, -0.25) is 9.69 Å². The lowest BCUT2D eigenvalue weighted by Gasteiger charge is -2.33. The minimum atomic E-state index is 0.509. The van der Waals surface area contributed by atoms with Crippen LogP contribution in [0.5, 0.6) is 0 Å². The van der Waals surface area contributed by atoms with Gasteiger partial charge in [-0.15, -0.1) is 0 Å². The fraction of sp³-hybridized carbons (Fsp3) is 0.348. The van der Waals surface area contributed by atoms with Crippen molar-refractivity contribution in [3.05, 3.63) is 70.4 Å². The second-order valence-corrected chi connectivity index (χ2v) is 8.05. The van der Waals surface area contributed by atoms with Gasteiger partial charge in [-0.25, -0.2) is 0 Å². The molecule has 27 heavy (non-hydrogen) atoms. The van der Waals surface area contributed by atoms with E-state index in [1.807, 2.05) is 24.3 Å². The van der Waals surface area contributed by atoms with Crippen LogP contribution in [0.25, 0.3) is 10.9 Å². The van der Waals surface area contributed by atoms with Crippen molar-refractivity contribution >= 4 is 28.8 Å². The normalized spacial score (nSPS) is 16.7. The van der Waals surface area contributed by atoms with E-state index < -0.39 is 0 Å². The molecule has 1 unspecified atom stereocenters. The maximum absolute atomic E-state index is 10.0. The standard InChI is InChI=1S/C16H21ClN2.C7H6O/c1-10(2)8-15-16-12(6-7-19(15)3)13-9-11(17)4-5-14(13)18-16;8-6-7-4-2-1-3-5-7/h4-5,9-10,15,18H,6-8H2,1-3H3;1-6H. The van der Waals surface area contributed by atoms with Gasteiger partial charge in [0, 0.05) is 33.7 Å².